The van der Waals surface area contributed by atoms with Crippen LogP contribution >= 0.6 is 22.9 Å². The molecule has 0 fully saturated rings. The van der Waals surface area contributed by atoms with Gasteiger partial charge >= 0.3 is 12.0 Å². The van der Waals surface area contributed by atoms with Gasteiger partial charge in [-0.3, -0.25) is 4.79 Å². The lowest BCUT2D eigenvalue weighted by molar-refractivity contribution is -0.135. The minimum atomic E-state index is -1.14. The number of carboxylic acid groups (broad SMARTS) is 1. The Morgan fingerprint density at radius 1 is 1.36 bits per heavy atom. The highest BCUT2D eigenvalue weighted by molar-refractivity contribution is 7.23. The number of rotatable bonds is 9. The molecule has 1 aliphatic heterocycles. The van der Waals surface area contributed by atoms with Crippen molar-refractivity contribution in [2.75, 3.05) is 64.1 Å². The van der Waals surface area contributed by atoms with Crippen LogP contribution in [0, 0.1) is 28.9 Å². The third-order valence-corrected chi connectivity index (χ3v) is 8.17. The van der Waals surface area contributed by atoms with Crippen LogP contribution in [0.5, 0.6) is 11.8 Å². The third-order valence-electron chi connectivity index (χ3n) is 6.78. The van der Waals surface area contributed by atoms with Crippen molar-refractivity contribution >= 4 is 60.7 Å². The number of fused-ring (bicyclic) bond motifs is 1. The van der Waals surface area contributed by atoms with Gasteiger partial charge in [0.15, 0.2) is 11.6 Å². The van der Waals surface area contributed by atoms with Crippen molar-refractivity contribution < 1.29 is 28.2 Å². The Morgan fingerprint density at radius 2 is 2.12 bits per heavy atom. The van der Waals surface area contributed by atoms with E-state index in [4.69, 9.17) is 32.5 Å². The Hall–Kier alpha value is -4.03. The van der Waals surface area contributed by atoms with E-state index in [-0.39, 0.29) is 91.0 Å². The van der Waals surface area contributed by atoms with Gasteiger partial charge in [-0.25, -0.2) is 8.78 Å². The molecule has 4 aromatic rings. The van der Waals surface area contributed by atoms with Crippen LogP contribution in [0.25, 0.3) is 32.1 Å². The number of benzene rings is 2. The Labute approximate surface area is 247 Å². The molecule has 1 atom stereocenters. The number of anilines is 2. The molecule has 2 aromatic carbocycles. The number of carboxylic acids is 1. The Bertz CT molecular complexity index is 1760. The number of hydrogen-bond acceptors (Lipinski definition) is 11. The summed E-state index contributed by atoms with van der Waals surface area (Å²) in [5.74, 6) is -2.70. The summed E-state index contributed by atoms with van der Waals surface area (Å²) < 4.78 is 43.4. The predicted octanol–water partition coefficient (Wildman–Crippen LogP) is 3.70. The summed E-state index contributed by atoms with van der Waals surface area (Å²) in [4.78, 5) is 23.9. The SMILES string of the molecule is CN(C)CC(CN)COc1nc2c3c(c(Cl)c(-c4ccc(F)c5sc(N)c(C#N)c45)c(F)c3n1)OCCN2CC(=O)O. The molecular formula is C27H26ClF2N7O4S. The maximum Gasteiger partial charge on any atom is 0.323 e. The van der Waals surface area contributed by atoms with Crippen LogP contribution in [0.15, 0.2) is 12.1 Å². The highest BCUT2D eigenvalue weighted by atomic mass is 35.5. The molecular weight excluding hydrogens is 592 g/mol. The normalized spacial score (nSPS) is 13.7. The van der Waals surface area contributed by atoms with Crippen molar-refractivity contribution in [1.29, 1.82) is 5.26 Å². The van der Waals surface area contributed by atoms with E-state index < -0.39 is 24.1 Å². The van der Waals surface area contributed by atoms with Crippen LogP contribution in [0.3, 0.4) is 0 Å². The van der Waals surface area contributed by atoms with Crippen LogP contribution in [0.4, 0.5) is 19.6 Å². The molecule has 0 saturated carbocycles. The van der Waals surface area contributed by atoms with Crippen molar-refractivity contribution in [3.8, 4) is 29.0 Å². The Balaban J connectivity index is 1.79. The number of aromatic nitrogens is 2. The van der Waals surface area contributed by atoms with Crippen LogP contribution < -0.4 is 25.8 Å². The Kier molecular flexibility index (Phi) is 8.20. The lowest BCUT2D eigenvalue weighted by atomic mass is 9.96. The number of aliphatic carboxylic acids is 1. The molecule has 0 bridgehead atoms. The molecule has 0 aliphatic carbocycles. The second-order valence-electron chi connectivity index (χ2n) is 9.98. The first kappa shape index (κ1) is 29.5. The van der Waals surface area contributed by atoms with E-state index in [0.29, 0.717) is 13.1 Å². The number of nitrogens with two attached hydrogens (primary N) is 2. The van der Waals surface area contributed by atoms with Crippen LogP contribution in [-0.2, 0) is 4.79 Å². The third kappa shape index (κ3) is 5.20. The molecule has 0 spiro atoms. The van der Waals surface area contributed by atoms with Crippen LogP contribution in [0.1, 0.15) is 5.56 Å². The molecule has 3 heterocycles. The molecule has 42 heavy (non-hydrogen) atoms. The summed E-state index contributed by atoms with van der Waals surface area (Å²) in [6, 6.07) is 4.22. The molecule has 220 valence electrons. The molecule has 5 rings (SSSR count). The van der Waals surface area contributed by atoms with Gasteiger partial charge in [0.05, 0.1) is 33.8 Å². The topological polar surface area (TPSA) is 164 Å². The first-order valence-corrected chi connectivity index (χ1v) is 14.0. The molecule has 0 amide bonds. The van der Waals surface area contributed by atoms with Crippen LogP contribution in [-0.4, -0.2) is 79.4 Å². The number of carbonyl (C=O) groups is 1. The van der Waals surface area contributed by atoms with E-state index in [2.05, 4.69) is 9.97 Å². The van der Waals surface area contributed by atoms with Gasteiger partial charge < -0.3 is 35.8 Å². The van der Waals surface area contributed by atoms with Gasteiger partial charge in [-0.1, -0.05) is 17.7 Å². The zero-order valence-corrected chi connectivity index (χ0v) is 24.2. The molecule has 5 N–H and O–H groups in total. The molecule has 2 aromatic heterocycles. The van der Waals surface area contributed by atoms with Crippen molar-refractivity contribution in [2.45, 2.75) is 0 Å². The minimum absolute atomic E-state index is 0.00845. The standard InChI is InChI=1S/C27H26ClF2N7O4S/c1-36(2)9-12(7-31)11-41-27-34-22-19-23(40-6-5-37(10-16(38)39)26(19)35-27)20(28)18(21(22)30)13-3-4-15(29)24-17(13)14(8-32)25(33)42-24/h3-4,12H,5-7,9-11,31,33H2,1-2H3,(H,38,39). The fourth-order valence-corrected chi connectivity index (χ4v) is 6.28. The first-order valence-electron chi connectivity index (χ1n) is 12.8. The number of halogens is 3. The zero-order valence-electron chi connectivity index (χ0n) is 22.6. The van der Waals surface area contributed by atoms with Gasteiger partial charge in [0, 0.05) is 23.4 Å². The van der Waals surface area contributed by atoms with E-state index in [1.54, 1.807) is 0 Å². The maximum atomic E-state index is 16.7. The number of hydrogen-bond donors (Lipinski definition) is 3. The van der Waals surface area contributed by atoms with Crippen molar-refractivity contribution in [3.63, 3.8) is 0 Å². The summed E-state index contributed by atoms with van der Waals surface area (Å²) in [5, 5.41) is 19.4. The fraction of sp³-hybridized carbons (Fsp3) is 0.333. The van der Waals surface area contributed by atoms with Gasteiger partial charge in [0.2, 0.25) is 0 Å². The van der Waals surface area contributed by atoms with E-state index in [1.807, 2.05) is 25.1 Å². The molecule has 0 saturated heterocycles. The fourth-order valence-electron chi connectivity index (χ4n) is 4.99. The lowest BCUT2D eigenvalue weighted by Gasteiger charge is -2.22. The number of thiophene rings is 1. The number of nitrogens with zero attached hydrogens (tertiary/aromatic N) is 5. The predicted molar refractivity (Wildman–Crippen MR) is 156 cm³/mol. The smallest absolute Gasteiger partial charge is 0.323 e. The number of nitriles is 1. The zero-order chi connectivity index (χ0) is 30.3. The summed E-state index contributed by atoms with van der Waals surface area (Å²) in [6.07, 6.45) is 0. The summed E-state index contributed by atoms with van der Waals surface area (Å²) in [7, 11) is 3.78. The van der Waals surface area contributed by atoms with Gasteiger partial charge in [0.25, 0.3) is 0 Å². The second kappa shape index (κ2) is 11.7. The van der Waals surface area contributed by atoms with Crippen molar-refractivity contribution in [3.05, 3.63) is 34.4 Å². The second-order valence-corrected chi connectivity index (χ2v) is 11.4. The maximum absolute atomic E-state index is 16.7. The average Bonchev–Trinajstić information content (AvgIpc) is 3.18. The Morgan fingerprint density at radius 3 is 2.79 bits per heavy atom. The molecule has 0 radical (unpaired) electrons. The highest BCUT2D eigenvalue weighted by Gasteiger charge is 2.32. The largest absolute Gasteiger partial charge is 0.489 e. The average molecular weight is 618 g/mol. The van der Waals surface area contributed by atoms with Crippen molar-refractivity contribution in [1.82, 2.24) is 14.9 Å². The number of nitrogen functional groups attached to an aromatic ring is 1. The summed E-state index contributed by atoms with van der Waals surface area (Å²) >= 11 is 7.67. The van der Waals surface area contributed by atoms with E-state index in [1.165, 1.54) is 11.0 Å². The molecule has 1 unspecified atom stereocenters. The van der Waals surface area contributed by atoms with Gasteiger partial charge in [0.1, 0.15) is 41.4 Å². The summed E-state index contributed by atoms with van der Waals surface area (Å²) in [6.45, 7) is 0.654. The highest BCUT2D eigenvalue weighted by Crippen LogP contribution is 2.50. The van der Waals surface area contributed by atoms with E-state index in [9.17, 15) is 19.6 Å². The lowest BCUT2D eigenvalue weighted by Crippen LogP contribution is -2.33. The van der Waals surface area contributed by atoms with E-state index >= 15 is 4.39 Å². The first-order chi connectivity index (χ1) is 20.0. The molecule has 11 nitrogen and oxygen atoms in total. The van der Waals surface area contributed by atoms with Crippen LogP contribution in [0.2, 0.25) is 5.02 Å². The molecule has 15 heteroatoms. The molecule has 1 aliphatic rings. The van der Waals surface area contributed by atoms with E-state index in [0.717, 1.165) is 17.4 Å². The van der Waals surface area contributed by atoms with Gasteiger partial charge in [-0.2, -0.15) is 15.2 Å². The van der Waals surface area contributed by atoms with Gasteiger partial charge in [-0.05, 0) is 32.3 Å². The summed E-state index contributed by atoms with van der Waals surface area (Å²) in [5.41, 5.74) is 11.6. The monoisotopic (exact) mass is 617 g/mol. The minimum Gasteiger partial charge on any atom is -0.489 e. The van der Waals surface area contributed by atoms with Crippen molar-refractivity contribution in [2.24, 2.45) is 11.7 Å². The quantitative estimate of drug-likeness (QED) is 0.251. The van der Waals surface area contributed by atoms with Gasteiger partial charge in [-0.15, -0.1) is 11.3 Å². The number of ether oxygens (including phenoxy) is 2.